The molecule has 0 spiro atoms. The molecule has 0 aliphatic rings. The molecule has 6 heteroatoms. The molecule has 23 heavy (non-hydrogen) atoms. The van der Waals surface area contributed by atoms with Gasteiger partial charge in [0.25, 0.3) is 11.5 Å². The van der Waals surface area contributed by atoms with Gasteiger partial charge in [-0.1, -0.05) is 48.5 Å². The van der Waals surface area contributed by atoms with Gasteiger partial charge in [-0.05, 0) is 16.5 Å². The summed E-state index contributed by atoms with van der Waals surface area (Å²) in [6.07, 6.45) is 1.51. The Bertz CT molecular complexity index is 988. The van der Waals surface area contributed by atoms with Crippen LogP contribution in [0.2, 0.25) is 0 Å². The van der Waals surface area contributed by atoms with Gasteiger partial charge in [-0.15, -0.1) is 0 Å². The van der Waals surface area contributed by atoms with E-state index in [4.69, 9.17) is 0 Å². The van der Waals surface area contributed by atoms with E-state index in [9.17, 15) is 5.21 Å². The minimum absolute atomic E-state index is 0.299. The fraction of sp³-hybridized carbons (Fsp3) is 0.0588. The van der Waals surface area contributed by atoms with E-state index in [-0.39, 0.29) is 0 Å². The number of para-hydroxylation sites is 1. The number of nitrogens with one attached hydrogen (secondary N) is 1. The Labute approximate surface area is 132 Å². The van der Waals surface area contributed by atoms with Crippen molar-refractivity contribution in [1.29, 1.82) is 0 Å². The Morgan fingerprint density at radius 2 is 1.78 bits per heavy atom. The second kappa shape index (κ2) is 5.49. The maximum absolute atomic E-state index is 12.1. The number of anilines is 1. The SMILES string of the molecule is [O-][n+]1nc(NCc2ccccc2)nc2c3ccccc3ncc21. The van der Waals surface area contributed by atoms with Gasteiger partial charge in [0, 0.05) is 11.9 Å². The summed E-state index contributed by atoms with van der Waals surface area (Å²) < 4.78 is 0. The standard InChI is InChI=1S/C17H13N5O/c23-22-15-11-18-14-9-5-4-8-13(14)16(15)20-17(21-22)19-10-12-6-2-1-3-7-12/h1-9,11H,10H2,(H,19,20,21). The molecule has 2 heterocycles. The number of hydrogen-bond acceptors (Lipinski definition) is 5. The van der Waals surface area contributed by atoms with Crippen LogP contribution >= 0.6 is 0 Å². The van der Waals surface area contributed by atoms with E-state index in [1.807, 2.05) is 54.6 Å². The van der Waals surface area contributed by atoms with Gasteiger partial charge >= 0.3 is 0 Å². The molecule has 112 valence electrons. The molecule has 0 unspecified atom stereocenters. The van der Waals surface area contributed by atoms with Crippen molar-refractivity contribution in [2.24, 2.45) is 0 Å². The number of nitrogens with zero attached hydrogens (tertiary/aromatic N) is 4. The zero-order chi connectivity index (χ0) is 15.6. The van der Waals surface area contributed by atoms with Crippen molar-refractivity contribution in [3.05, 3.63) is 71.6 Å². The lowest BCUT2D eigenvalue weighted by molar-refractivity contribution is -0.641. The molecule has 0 amide bonds. The molecule has 0 aliphatic carbocycles. The Morgan fingerprint density at radius 3 is 2.65 bits per heavy atom. The number of rotatable bonds is 3. The highest BCUT2D eigenvalue weighted by Gasteiger charge is 2.14. The average molecular weight is 303 g/mol. The van der Waals surface area contributed by atoms with Crippen LogP contribution in [0, 0.1) is 5.21 Å². The second-order valence-corrected chi connectivity index (χ2v) is 5.16. The Kier molecular flexibility index (Phi) is 3.20. The van der Waals surface area contributed by atoms with Crippen molar-refractivity contribution in [2.75, 3.05) is 5.32 Å². The van der Waals surface area contributed by atoms with E-state index in [2.05, 4.69) is 20.4 Å². The molecular formula is C17H13N5O. The summed E-state index contributed by atoms with van der Waals surface area (Å²) >= 11 is 0. The summed E-state index contributed by atoms with van der Waals surface area (Å²) in [6.45, 7) is 0.551. The normalized spacial score (nSPS) is 11.0. The van der Waals surface area contributed by atoms with E-state index < -0.39 is 0 Å². The molecule has 2 aromatic heterocycles. The number of fused-ring (bicyclic) bond motifs is 3. The maximum atomic E-state index is 12.1. The second-order valence-electron chi connectivity index (χ2n) is 5.16. The van der Waals surface area contributed by atoms with Crippen LogP contribution in [0.1, 0.15) is 5.56 Å². The first-order valence-electron chi connectivity index (χ1n) is 7.24. The third-order valence-electron chi connectivity index (χ3n) is 3.63. The quantitative estimate of drug-likeness (QED) is 0.357. The molecule has 0 bridgehead atoms. The molecule has 2 aromatic carbocycles. The fourth-order valence-corrected chi connectivity index (χ4v) is 2.49. The lowest BCUT2D eigenvalue weighted by Crippen LogP contribution is -2.33. The summed E-state index contributed by atoms with van der Waals surface area (Å²) in [4.78, 5) is 9.33. The Hall–Kier alpha value is -3.28. The highest BCUT2D eigenvalue weighted by atomic mass is 16.5. The highest BCUT2D eigenvalue weighted by Crippen LogP contribution is 2.19. The topological polar surface area (TPSA) is 77.6 Å². The van der Waals surface area contributed by atoms with Crippen LogP contribution in [0.3, 0.4) is 0 Å². The molecule has 0 saturated carbocycles. The Morgan fingerprint density at radius 1 is 1.00 bits per heavy atom. The van der Waals surface area contributed by atoms with Gasteiger partial charge in [0.2, 0.25) is 0 Å². The van der Waals surface area contributed by atoms with E-state index in [1.54, 1.807) is 0 Å². The molecule has 6 nitrogen and oxygen atoms in total. The van der Waals surface area contributed by atoms with Crippen molar-refractivity contribution in [3.8, 4) is 0 Å². The molecule has 0 atom stereocenters. The van der Waals surface area contributed by atoms with Crippen molar-refractivity contribution in [3.63, 3.8) is 0 Å². The van der Waals surface area contributed by atoms with Gasteiger partial charge < -0.3 is 10.5 Å². The van der Waals surface area contributed by atoms with Crippen LogP contribution in [0.25, 0.3) is 21.9 Å². The van der Waals surface area contributed by atoms with Crippen LogP contribution in [-0.4, -0.2) is 15.1 Å². The predicted molar refractivity (Wildman–Crippen MR) is 87.6 cm³/mol. The fourth-order valence-electron chi connectivity index (χ4n) is 2.49. The summed E-state index contributed by atoms with van der Waals surface area (Å²) in [5, 5.41) is 20.0. The first-order chi connectivity index (χ1) is 11.3. The average Bonchev–Trinajstić information content (AvgIpc) is 2.61. The van der Waals surface area contributed by atoms with E-state index in [0.717, 1.165) is 16.5 Å². The molecule has 0 saturated heterocycles. The summed E-state index contributed by atoms with van der Waals surface area (Å²) in [6, 6.07) is 17.5. The lowest BCUT2D eigenvalue weighted by Gasteiger charge is -2.06. The van der Waals surface area contributed by atoms with Crippen molar-refractivity contribution in [2.45, 2.75) is 6.54 Å². The van der Waals surface area contributed by atoms with Gasteiger partial charge in [-0.25, -0.2) is 9.97 Å². The molecule has 0 aliphatic heterocycles. The van der Waals surface area contributed by atoms with Crippen LogP contribution in [0.5, 0.6) is 0 Å². The van der Waals surface area contributed by atoms with Crippen molar-refractivity contribution >= 4 is 27.9 Å². The zero-order valence-electron chi connectivity index (χ0n) is 12.2. The number of aromatic nitrogens is 4. The van der Waals surface area contributed by atoms with Gasteiger partial charge in [0.1, 0.15) is 6.20 Å². The third-order valence-corrected chi connectivity index (χ3v) is 3.63. The molecule has 0 fully saturated rings. The van der Waals surface area contributed by atoms with Crippen molar-refractivity contribution < 1.29 is 4.85 Å². The highest BCUT2D eigenvalue weighted by molar-refractivity contribution is 6.00. The van der Waals surface area contributed by atoms with Crippen LogP contribution < -0.4 is 10.2 Å². The third kappa shape index (κ3) is 2.50. The minimum atomic E-state index is 0.299. The Balaban J connectivity index is 1.77. The molecule has 4 rings (SSSR count). The van der Waals surface area contributed by atoms with Crippen LogP contribution in [-0.2, 0) is 6.54 Å². The van der Waals surface area contributed by atoms with Crippen LogP contribution in [0.15, 0.2) is 60.8 Å². The minimum Gasteiger partial charge on any atom is -0.594 e. The van der Waals surface area contributed by atoms with E-state index >= 15 is 0 Å². The smallest absolute Gasteiger partial charge is 0.290 e. The first-order valence-corrected chi connectivity index (χ1v) is 7.24. The van der Waals surface area contributed by atoms with Crippen LogP contribution in [0.4, 0.5) is 5.95 Å². The summed E-state index contributed by atoms with van der Waals surface area (Å²) in [7, 11) is 0. The van der Waals surface area contributed by atoms with Gasteiger partial charge in [-0.2, -0.15) is 0 Å². The molecule has 0 radical (unpaired) electrons. The molecular weight excluding hydrogens is 290 g/mol. The van der Waals surface area contributed by atoms with Gasteiger partial charge in [-0.3, -0.25) is 0 Å². The summed E-state index contributed by atoms with van der Waals surface area (Å²) in [5.74, 6) is 0.299. The largest absolute Gasteiger partial charge is 0.594 e. The van der Waals surface area contributed by atoms with Crippen molar-refractivity contribution in [1.82, 2.24) is 15.1 Å². The maximum Gasteiger partial charge on any atom is 0.290 e. The van der Waals surface area contributed by atoms with Gasteiger partial charge in [0.05, 0.1) is 10.6 Å². The van der Waals surface area contributed by atoms with Gasteiger partial charge in [0.15, 0.2) is 5.52 Å². The predicted octanol–water partition coefficient (Wildman–Crippen LogP) is 2.42. The summed E-state index contributed by atoms with van der Waals surface area (Å²) in [5.41, 5.74) is 2.84. The number of benzene rings is 2. The van der Waals surface area contributed by atoms with E-state index in [1.165, 1.54) is 6.20 Å². The zero-order valence-corrected chi connectivity index (χ0v) is 12.2. The molecule has 4 aromatic rings. The monoisotopic (exact) mass is 303 g/mol. The molecule has 1 N–H and O–H groups in total. The number of pyridine rings is 1. The lowest BCUT2D eigenvalue weighted by atomic mass is 10.2. The number of hydrogen-bond donors (Lipinski definition) is 1. The van der Waals surface area contributed by atoms with E-state index in [0.29, 0.717) is 28.4 Å². The first kappa shape index (κ1) is 13.4.